The Kier molecular flexibility index (Phi) is 5.07. The van der Waals surface area contributed by atoms with Crippen LogP contribution in [-0.4, -0.2) is 33.6 Å². The highest BCUT2D eigenvalue weighted by molar-refractivity contribution is 9.10. The number of carbonyl (C=O) groups excluding carboxylic acids is 1. The number of amides is 1. The van der Waals surface area contributed by atoms with Gasteiger partial charge in [0.2, 0.25) is 5.91 Å². The summed E-state index contributed by atoms with van der Waals surface area (Å²) in [6.45, 7) is 0. The minimum absolute atomic E-state index is 0.218. The van der Waals surface area contributed by atoms with Crippen LogP contribution in [0, 0.1) is 5.82 Å². The van der Waals surface area contributed by atoms with Crippen LogP contribution >= 0.6 is 27.7 Å². The number of amidine groups is 1. The van der Waals surface area contributed by atoms with E-state index in [2.05, 4.69) is 31.4 Å². The molecule has 0 bridgehead atoms. The Morgan fingerprint density at radius 3 is 3.05 bits per heavy atom. The van der Waals surface area contributed by atoms with Crippen molar-refractivity contribution in [3.63, 3.8) is 0 Å². The van der Waals surface area contributed by atoms with E-state index >= 15 is 0 Å². The van der Waals surface area contributed by atoms with Gasteiger partial charge in [0.1, 0.15) is 11.1 Å². The van der Waals surface area contributed by atoms with Crippen LogP contribution in [-0.2, 0) is 9.59 Å². The molecule has 1 aromatic rings. The van der Waals surface area contributed by atoms with E-state index in [9.17, 15) is 14.0 Å². The van der Waals surface area contributed by atoms with Crippen molar-refractivity contribution < 1.29 is 19.1 Å². The molecule has 0 aliphatic carbocycles. The van der Waals surface area contributed by atoms with E-state index in [0.717, 1.165) is 11.8 Å². The van der Waals surface area contributed by atoms with Crippen molar-refractivity contribution in [3.05, 3.63) is 34.1 Å². The van der Waals surface area contributed by atoms with Gasteiger partial charge in [-0.1, -0.05) is 23.9 Å². The summed E-state index contributed by atoms with van der Waals surface area (Å²) in [5, 5.41) is 18.1. The summed E-state index contributed by atoms with van der Waals surface area (Å²) in [6.07, 6.45) is 1.05. The van der Waals surface area contributed by atoms with Gasteiger partial charge in [-0.15, -0.1) is 5.10 Å². The average Bonchev–Trinajstić information content (AvgIpc) is 2.74. The molecule has 1 heterocycles. The van der Waals surface area contributed by atoms with Gasteiger partial charge in [0, 0.05) is 5.56 Å². The van der Waals surface area contributed by atoms with Gasteiger partial charge in [0.15, 0.2) is 5.17 Å². The topological polar surface area (TPSA) is 91.1 Å². The van der Waals surface area contributed by atoms with Crippen LogP contribution in [0.25, 0.3) is 0 Å². The molecule has 1 aliphatic heterocycles. The molecule has 9 heteroatoms. The molecule has 6 nitrogen and oxygen atoms in total. The second-order valence-electron chi connectivity index (χ2n) is 3.99. The van der Waals surface area contributed by atoms with Gasteiger partial charge < -0.3 is 10.4 Å². The summed E-state index contributed by atoms with van der Waals surface area (Å²) in [5.74, 6) is -1.89. The van der Waals surface area contributed by atoms with Crippen molar-refractivity contribution in [1.29, 1.82) is 0 Å². The quantitative estimate of drug-likeness (QED) is 0.623. The zero-order chi connectivity index (χ0) is 15.4. The Morgan fingerprint density at radius 1 is 1.57 bits per heavy atom. The second-order valence-corrected chi connectivity index (χ2v) is 5.97. The summed E-state index contributed by atoms with van der Waals surface area (Å²) in [5.41, 5.74) is 0.496. The Balaban J connectivity index is 2.05. The van der Waals surface area contributed by atoms with E-state index in [-0.39, 0.29) is 16.1 Å². The van der Waals surface area contributed by atoms with E-state index < -0.39 is 22.9 Å². The Bertz CT molecular complexity index is 651. The molecule has 2 N–H and O–H groups in total. The highest BCUT2D eigenvalue weighted by atomic mass is 79.9. The maximum atomic E-state index is 13.3. The SMILES string of the molecule is O=C(O)CC1SC(=NN=Cc2cccc(F)c2Br)NC1=O. The van der Waals surface area contributed by atoms with Crippen LogP contribution < -0.4 is 5.32 Å². The fourth-order valence-corrected chi connectivity index (χ4v) is 2.79. The molecule has 0 aromatic heterocycles. The predicted octanol–water partition coefficient (Wildman–Crippen LogP) is 1.98. The van der Waals surface area contributed by atoms with Crippen LogP contribution in [0.15, 0.2) is 32.9 Å². The third kappa shape index (κ3) is 4.11. The first-order chi connectivity index (χ1) is 9.97. The molecule has 2 rings (SSSR count). The number of hydrogen-bond acceptors (Lipinski definition) is 5. The molecule has 1 atom stereocenters. The number of carboxylic acid groups (broad SMARTS) is 1. The van der Waals surface area contributed by atoms with Crippen molar-refractivity contribution in [2.75, 3.05) is 0 Å². The molecule has 21 heavy (non-hydrogen) atoms. The number of nitrogens with zero attached hydrogens (tertiary/aromatic N) is 2. The highest BCUT2D eigenvalue weighted by Crippen LogP contribution is 2.22. The first-order valence-electron chi connectivity index (χ1n) is 5.71. The number of thioether (sulfide) groups is 1. The summed E-state index contributed by atoms with van der Waals surface area (Å²) < 4.78 is 13.5. The average molecular weight is 374 g/mol. The molecular formula is C12H9BrFN3O3S. The number of hydrogen-bond donors (Lipinski definition) is 2. The summed E-state index contributed by atoms with van der Waals surface area (Å²) in [6, 6.07) is 4.48. The molecular weight excluding hydrogens is 365 g/mol. The number of nitrogens with one attached hydrogen (secondary N) is 1. The highest BCUT2D eigenvalue weighted by Gasteiger charge is 2.32. The summed E-state index contributed by atoms with van der Waals surface area (Å²) >= 11 is 4.08. The van der Waals surface area contributed by atoms with E-state index in [1.807, 2.05) is 0 Å². The molecule has 1 unspecified atom stereocenters. The smallest absolute Gasteiger partial charge is 0.305 e. The lowest BCUT2D eigenvalue weighted by Gasteiger charge is -1.98. The Hall–Kier alpha value is -1.74. The van der Waals surface area contributed by atoms with Gasteiger partial charge in [-0.05, 0) is 22.0 Å². The summed E-state index contributed by atoms with van der Waals surface area (Å²) in [7, 11) is 0. The molecule has 1 aromatic carbocycles. The van der Waals surface area contributed by atoms with Gasteiger partial charge >= 0.3 is 5.97 Å². The van der Waals surface area contributed by atoms with Crippen LogP contribution in [0.5, 0.6) is 0 Å². The molecule has 0 radical (unpaired) electrons. The van der Waals surface area contributed by atoms with Crippen molar-refractivity contribution in [2.24, 2.45) is 10.2 Å². The molecule has 1 amide bonds. The molecule has 0 saturated carbocycles. The number of carboxylic acids is 1. The van der Waals surface area contributed by atoms with E-state index in [1.165, 1.54) is 18.3 Å². The lowest BCUT2D eigenvalue weighted by molar-refractivity contribution is -0.138. The van der Waals surface area contributed by atoms with E-state index in [1.54, 1.807) is 6.07 Å². The van der Waals surface area contributed by atoms with Gasteiger partial charge in [-0.25, -0.2) is 4.39 Å². The van der Waals surface area contributed by atoms with Crippen molar-refractivity contribution in [1.82, 2.24) is 5.32 Å². The maximum Gasteiger partial charge on any atom is 0.305 e. The zero-order valence-corrected chi connectivity index (χ0v) is 12.8. The zero-order valence-electron chi connectivity index (χ0n) is 10.4. The lowest BCUT2D eigenvalue weighted by atomic mass is 10.2. The van der Waals surface area contributed by atoms with Crippen LogP contribution in [0.4, 0.5) is 4.39 Å². The van der Waals surface area contributed by atoms with Crippen LogP contribution in [0.1, 0.15) is 12.0 Å². The standard InChI is InChI=1S/C12H9BrFN3O3S/c13-10-6(2-1-3-7(10)14)5-15-17-12-16-11(20)8(21-12)4-9(18)19/h1-3,5,8H,4H2,(H,18,19)(H,16,17,20). The minimum Gasteiger partial charge on any atom is -0.481 e. The van der Waals surface area contributed by atoms with Crippen molar-refractivity contribution in [2.45, 2.75) is 11.7 Å². The van der Waals surface area contributed by atoms with Gasteiger partial charge in [-0.3, -0.25) is 9.59 Å². The molecule has 1 fully saturated rings. The molecule has 1 saturated heterocycles. The van der Waals surface area contributed by atoms with Gasteiger partial charge in [0.05, 0.1) is 17.1 Å². The van der Waals surface area contributed by atoms with Gasteiger partial charge in [-0.2, -0.15) is 5.10 Å². The van der Waals surface area contributed by atoms with Crippen molar-refractivity contribution >= 4 is 51.0 Å². The number of carbonyl (C=O) groups is 2. The van der Waals surface area contributed by atoms with E-state index in [4.69, 9.17) is 5.11 Å². The third-order valence-electron chi connectivity index (χ3n) is 2.46. The fraction of sp³-hybridized carbons (Fsp3) is 0.167. The normalized spacial score (nSPS) is 20.2. The van der Waals surface area contributed by atoms with Crippen LogP contribution in [0.2, 0.25) is 0 Å². The first-order valence-corrected chi connectivity index (χ1v) is 7.39. The van der Waals surface area contributed by atoms with Crippen molar-refractivity contribution in [3.8, 4) is 0 Å². The lowest BCUT2D eigenvalue weighted by Crippen LogP contribution is -2.26. The molecule has 110 valence electrons. The number of benzene rings is 1. The second kappa shape index (κ2) is 6.81. The summed E-state index contributed by atoms with van der Waals surface area (Å²) in [4.78, 5) is 22.0. The monoisotopic (exact) mass is 373 g/mol. The largest absolute Gasteiger partial charge is 0.481 e. The molecule has 1 aliphatic rings. The predicted molar refractivity (Wildman–Crippen MR) is 80.9 cm³/mol. The number of aliphatic carboxylic acids is 1. The number of rotatable bonds is 4. The molecule has 0 spiro atoms. The minimum atomic E-state index is -1.06. The number of halogens is 2. The van der Waals surface area contributed by atoms with Gasteiger partial charge in [0.25, 0.3) is 0 Å². The Morgan fingerprint density at radius 2 is 2.33 bits per heavy atom. The Labute approximate surface area is 131 Å². The third-order valence-corrected chi connectivity index (χ3v) is 4.37. The fourth-order valence-electron chi connectivity index (χ4n) is 1.51. The van der Waals surface area contributed by atoms with Crippen LogP contribution in [0.3, 0.4) is 0 Å². The van der Waals surface area contributed by atoms with E-state index in [0.29, 0.717) is 5.56 Å². The maximum absolute atomic E-state index is 13.3. The first kappa shape index (κ1) is 15.6.